The summed E-state index contributed by atoms with van der Waals surface area (Å²) in [7, 11) is -3.48. The molecule has 0 atom stereocenters. The number of benzene rings is 1. The Labute approximate surface area is 180 Å². The van der Waals surface area contributed by atoms with Gasteiger partial charge in [-0.3, -0.25) is 0 Å². The van der Waals surface area contributed by atoms with Crippen molar-refractivity contribution < 1.29 is 8.42 Å². The third-order valence-corrected chi connectivity index (χ3v) is 8.84. The molecular formula is C21H22ClN3O2S2. The van der Waals surface area contributed by atoms with Crippen LogP contribution < -0.4 is 0 Å². The highest BCUT2D eigenvalue weighted by molar-refractivity contribution is 7.91. The first kappa shape index (κ1) is 20.5. The molecule has 29 heavy (non-hydrogen) atoms. The fraction of sp³-hybridized carbons (Fsp3) is 0.333. The topological polar surface area (TPSA) is 63.2 Å². The normalized spacial score (nSPS) is 16.2. The van der Waals surface area contributed by atoms with E-state index < -0.39 is 10.0 Å². The number of rotatable bonds is 5. The van der Waals surface area contributed by atoms with Crippen molar-refractivity contribution in [1.29, 1.82) is 0 Å². The van der Waals surface area contributed by atoms with Crippen LogP contribution in [-0.4, -0.2) is 35.8 Å². The lowest BCUT2D eigenvalue weighted by Crippen LogP contribution is -2.38. The maximum Gasteiger partial charge on any atom is 0.252 e. The Hall–Kier alpha value is -1.80. The van der Waals surface area contributed by atoms with Crippen LogP contribution in [0.3, 0.4) is 0 Å². The molecule has 0 saturated carbocycles. The Kier molecular flexibility index (Phi) is 6.01. The zero-order chi connectivity index (χ0) is 20.4. The van der Waals surface area contributed by atoms with Crippen LogP contribution in [0.5, 0.6) is 0 Å². The molecule has 8 heteroatoms. The van der Waals surface area contributed by atoms with Gasteiger partial charge in [-0.1, -0.05) is 41.9 Å². The minimum atomic E-state index is -3.48. The predicted octanol–water partition coefficient (Wildman–Crippen LogP) is 4.66. The lowest BCUT2D eigenvalue weighted by Gasteiger charge is -2.31. The smallest absolute Gasteiger partial charge is 0.241 e. The van der Waals surface area contributed by atoms with Crippen LogP contribution in [0.4, 0.5) is 0 Å². The minimum absolute atomic E-state index is 0.230. The van der Waals surface area contributed by atoms with E-state index in [0.29, 0.717) is 21.6 Å². The summed E-state index contributed by atoms with van der Waals surface area (Å²) in [6, 6.07) is 13.5. The summed E-state index contributed by atoms with van der Waals surface area (Å²) >= 11 is 7.04. The molecule has 1 aliphatic heterocycles. The summed E-state index contributed by atoms with van der Waals surface area (Å²) < 4.78 is 28.1. The van der Waals surface area contributed by atoms with E-state index in [9.17, 15) is 8.42 Å². The Balaban J connectivity index is 1.52. The van der Waals surface area contributed by atoms with Gasteiger partial charge in [-0.15, -0.1) is 11.3 Å². The molecule has 0 amide bonds. The first-order valence-electron chi connectivity index (χ1n) is 9.55. The van der Waals surface area contributed by atoms with Crippen molar-refractivity contribution >= 4 is 33.0 Å². The molecule has 1 aromatic carbocycles. The van der Waals surface area contributed by atoms with Crippen LogP contribution in [0.15, 0.2) is 52.9 Å². The Bertz CT molecular complexity index is 1090. The molecule has 152 valence electrons. The third-order valence-electron chi connectivity index (χ3n) is 5.24. The molecule has 0 aliphatic carbocycles. The zero-order valence-corrected chi connectivity index (χ0v) is 18.5. The Morgan fingerprint density at radius 1 is 1.14 bits per heavy atom. The molecule has 5 nitrogen and oxygen atoms in total. The van der Waals surface area contributed by atoms with Gasteiger partial charge >= 0.3 is 0 Å². The molecule has 1 aliphatic rings. The van der Waals surface area contributed by atoms with Gasteiger partial charge in [-0.25, -0.2) is 18.4 Å². The summed E-state index contributed by atoms with van der Waals surface area (Å²) in [5.41, 5.74) is 3.39. The molecule has 0 spiro atoms. The number of sulfonamides is 1. The average Bonchev–Trinajstić information content (AvgIpc) is 3.17. The lowest BCUT2D eigenvalue weighted by molar-refractivity contribution is 0.316. The van der Waals surface area contributed by atoms with Crippen molar-refractivity contribution in [3.8, 4) is 0 Å². The van der Waals surface area contributed by atoms with Crippen LogP contribution in [-0.2, 0) is 16.4 Å². The van der Waals surface area contributed by atoms with Crippen LogP contribution in [0.1, 0.15) is 41.4 Å². The summed E-state index contributed by atoms with van der Waals surface area (Å²) in [6.07, 6.45) is 4.19. The first-order chi connectivity index (χ1) is 13.9. The molecule has 1 fully saturated rings. The van der Waals surface area contributed by atoms with Gasteiger partial charge in [0.2, 0.25) is 0 Å². The van der Waals surface area contributed by atoms with Gasteiger partial charge in [-0.2, -0.15) is 4.31 Å². The molecule has 3 heterocycles. The number of aryl methyl sites for hydroxylation is 1. The largest absolute Gasteiger partial charge is 0.252 e. The van der Waals surface area contributed by atoms with Crippen molar-refractivity contribution in [3.05, 3.63) is 75.6 Å². The van der Waals surface area contributed by atoms with Crippen LogP contribution in [0.2, 0.25) is 4.34 Å². The van der Waals surface area contributed by atoms with E-state index in [1.54, 1.807) is 16.4 Å². The highest BCUT2D eigenvalue weighted by Gasteiger charge is 2.32. The van der Waals surface area contributed by atoms with Gasteiger partial charge in [0.1, 0.15) is 10.0 Å². The number of aromatic nitrogens is 2. The fourth-order valence-corrected chi connectivity index (χ4v) is 6.86. The van der Waals surface area contributed by atoms with Crippen LogP contribution in [0.25, 0.3) is 0 Å². The Morgan fingerprint density at radius 2 is 1.86 bits per heavy atom. The molecule has 0 N–H and O–H groups in total. The monoisotopic (exact) mass is 447 g/mol. The van der Waals surface area contributed by atoms with E-state index in [1.807, 2.05) is 31.3 Å². The van der Waals surface area contributed by atoms with E-state index in [1.165, 1.54) is 5.56 Å². The number of halogens is 1. The molecule has 0 unspecified atom stereocenters. The van der Waals surface area contributed by atoms with Crippen LogP contribution in [0, 0.1) is 6.92 Å². The lowest BCUT2D eigenvalue weighted by atomic mass is 9.90. The highest BCUT2D eigenvalue weighted by atomic mass is 35.5. The minimum Gasteiger partial charge on any atom is -0.241 e. The zero-order valence-electron chi connectivity index (χ0n) is 16.1. The van der Waals surface area contributed by atoms with Gasteiger partial charge in [0.05, 0.1) is 10.0 Å². The molecule has 2 aromatic heterocycles. The summed E-state index contributed by atoms with van der Waals surface area (Å²) in [4.78, 5) is 9.15. The molecule has 4 rings (SSSR count). The standard InChI is InChI=1S/C21H22ClN3O2S2/c1-15-23-14-18(13-16-5-3-2-4-6-16)21(24-15)17-9-11-25(12-10-17)29(26,27)20-8-7-19(22)28-20/h2-8,14,17H,9-13H2,1H3. The summed E-state index contributed by atoms with van der Waals surface area (Å²) in [6.45, 7) is 2.86. The molecule has 3 aromatic rings. The fourth-order valence-electron chi connectivity index (χ4n) is 3.75. The molecular weight excluding hydrogens is 426 g/mol. The number of hydrogen-bond acceptors (Lipinski definition) is 5. The number of hydrogen-bond donors (Lipinski definition) is 0. The quantitative estimate of drug-likeness (QED) is 0.570. The summed E-state index contributed by atoms with van der Waals surface area (Å²) in [5, 5.41) is 0. The second kappa shape index (κ2) is 8.52. The van der Waals surface area contributed by atoms with Crippen molar-refractivity contribution in [2.24, 2.45) is 0 Å². The van der Waals surface area contributed by atoms with Crippen molar-refractivity contribution in [3.63, 3.8) is 0 Å². The second-order valence-electron chi connectivity index (χ2n) is 7.23. The van der Waals surface area contributed by atoms with Crippen molar-refractivity contribution in [1.82, 2.24) is 14.3 Å². The Morgan fingerprint density at radius 3 is 2.52 bits per heavy atom. The van der Waals surface area contributed by atoms with Gasteiger partial charge in [-0.05, 0) is 43.0 Å². The van der Waals surface area contributed by atoms with Crippen molar-refractivity contribution in [2.75, 3.05) is 13.1 Å². The number of piperidine rings is 1. The predicted molar refractivity (Wildman–Crippen MR) is 116 cm³/mol. The number of nitrogens with zero attached hydrogens (tertiary/aromatic N) is 3. The maximum atomic E-state index is 12.9. The SMILES string of the molecule is Cc1ncc(Cc2ccccc2)c(C2CCN(S(=O)(=O)c3ccc(Cl)s3)CC2)n1. The average molecular weight is 448 g/mol. The first-order valence-corrected chi connectivity index (χ1v) is 12.2. The van der Waals surface area contributed by atoms with Crippen molar-refractivity contribution in [2.45, 2.75) is 36.3 Å². The molecule has 0 bridgehead atoms. The van der Waals surface area contributed by atoms with Gasteiger partial charge in [0.25, 0.3) is 10.0 Å². The van der Waals surface area contributed by atoms with E-state index >= 15 is 0 Å². The molecule has 1 saturated heterocycles. The van der Waals surface area contributed by atoms with Gasteiger partial charge in [0, 0.05) is 31.6 Å². The van der Waals surface area contributed by atoms with E-state index in [0.717, 1.165) is 47.7 Å². The number of thiophene rings is 1. The van der Waals surface area contributed by atoms with Crippen LogP contribution >= 0.6 is 22.9 Å². The van der Waals surface area contributed by atoms with E-state index in [2.05, 4.69) is 17.1 Å². The highest BCUT2D eigenvalue weighted by Crippen LogP contribution is 2.34. The van der Waals surface area contributed by atoms with E-state index in [-0.39, 0.29) is 5.92 Å². The maximum absolute atomic E-state index is 12.9. The second-order valence-corrected chi connectivity index (χ2v) is 11.1. The molecule has 0 radical (unpaired) electrons. The van der Waals surface area contributed by atoms with Gasteiger partial charge < -0.3 is 0 Å². The van der Waals surface area contributed by atoms with E-state index in [4.69, 9.17) is 16.6 Å². The van der Waals surface area contributed by atoms with Gasteiger partial charge in [0.15, 0.2) is 0 Å². The third kappa shape index (κ3) is 4.53. The summed E-state index contributed by atoms with van der Waals surface area (Å²) in [5.74, 6) is 0.980.